The molecule has 2 aliphatic rings. The predicted molar refractivity (Wildman–Crippen MR) is 91.3 cm³/mol. The minimum atomic E-state index is 0.160. The molecular formula is C18H24BrNO2. The number of nitrogens with zero attached hydrogens (tertiary/aromatic N) is 1. The van der Waals surface area contributed by atoms with Crippen LogP contribution in [0.4, 0.5) is 0 Å². The summed E-state index contributed by atoms with van der Waals surface area (Å²) in [7, 11) is 1.64. The number of benzene rings is 1. The van der Waals surface area contributed by atoms with Crippen LogP contribution in [0.2, 0.25) is 0 Å². The molecule has 4 heteroatoms. The van der Waals surface area contributed by atoms with Gasteiger partial charge in [-0.15, -0.1) is 0 Å². The highest BCUT2D eigenvalue weighted by Crippen LogP contribution is 2.37. The fraction of sp³-hybridized carbons (Fsp3) is 0.611. The van der Waals surface area contributed by atoms with Gasteiger partial charge in [0.1, 0.15) is 5.75 Å². The van der Waals surface area contributed by atoms with Crippen LogP contribution >= 0.6 is 15.9 Å². The molecule has 2 fully saturated rings. The summed E-state index contributed by atoms with van der Waals surface area (Å²) in [6.07, 6.45) is 7.07. The average Bonchev–Trinajstić information content (AvgIpc) is 3.34. The summed E-state index contributed by atoms with van der Waals surface area (Å²) in [5, 5.41) is 0. The summed E-state index contributed by atoms with van der Waals surface area (Å²) in [5.74, 6) is 1.70. The highest BCUT2D eigenvalue weighted by molar-refractivity contribution is 9.10. The Morgan fingerprint density at radius 2 is 1.73 bits per heavy atom. The van der Waals surface area contributed by atoms with E-state index in [1.807, 2.05) is 18.2 Å². The second-order valence-corrected chi connectivity index (χ2v) is 7.56. The van der Waals surface area contributed by atoms with Crippen molar-refractivity contribution in [3.8, 4) is 5.75 Å². The molecular weight excluding hydrogens is 342 g/mol. The Morgan fingerprint density at radius 3 is 2.27 bits per heavy atom. The Bertz CT molecular complexity index is 548. The maximum absolute atomic E-state index is 13.1. The van der Waals surface area contributed by atoms with Gasteiger partial charge in [0.15, 0.2) is 0 Å². The Kier molecular flexibility index (Phi) is 4.76. The molecule has 0 spiro atoms. The first kappa shape index (κ1) is 15.9. The molecule has 0 radical (unpaired) electrons. The van der Waals surface area contributed by atoms with Crippen molar-refractivity contribution in [2.75, 3.05) is 7.11 Å². The number of halogens is 1. The predicted octanol–water partition coefficient (Wildman–Crippen LogP) is 4.64. The Labute approximate surface area is 141 Å². The molecule has 1 aromatic rings. The lowest BCUT2D eigenvalue weighted by Crippen LogP contribution is -2.43. The van der Waals surface area contributed by atoms with Gasteiger partial charge in [-0.25, -0.2) is 0 Å². The van der Waals surface area contributed by atoms with Gasteiger partial charge in [0, 0.05) is 16.6 Å². The standard InChI is InChI=1S/C18H24BrNO2/c1-12-3-5-13(6-4-12)20(14-7-8-14)18(21)16-11-15(22-2)9-10-17(16)19/h9-14H,3-8H2,1-2H3. The molecule has 0 unspecified atom stereocenters. The largest absolute Gasteiger partial charge is 0.497 e. The van der Waals surface area contributed by atoms with Crippen molar-refractivity contribution in [1.29, 1.82) is 0 Å². The monoisotopic (exact) mass is 365 g/mol. The van der Waals surface area contributed by atoms with E-state index in [0.29, 0.717) is 12.1 Å². The first-order chi connectivity index (χ1) is 10.6. The molecule has 3 rings (SSSR count). The fourth-order valence-electron chi connectivity index (χ4n) is 3.44. The lowest BCUT2D eigenvalue weighted by atomic mass is 9.86. The lowest BCUT2D eigenvalue weighted by Gasteiger charge is -2.36. The molecule has 0 atom stereocenters. The van der Waals surface area contributed by atoms with E-state index >= 15 is 0 Å². The van der Waals surface area contributed by atoms with Gasteiger partial charge in [0.2, 0.25) is 0 Å². The third-order valence-electron chi connectivity index (χ3n) is 4.96. The van der Waals surface area contributed by atoms with E-state index in [-0.39, 0.29) is 5.91 Å². The van der Waals surface area contributed by atoms with E-state index < -0.39 is 0 Å². The maximum atomic E-state index is 13.1. The zero-order valence-corrected chi connectivity index (χ0v) is 14.9. The number of ether oxygens (including phenoxy) is 1. The zero-order chi connectivity index (χ0) is 15.7. The van der Waals surface area contributed by atoms with E-state index in [1.54, 1.807) is 7.11 Å². The SMILES string of the molecule is COc1ccc(Br)c(C(=O)N(C2CCC(C)CC2)C2CC2)c1. The van der Waals surface area contributed by atoms with Crippen LogP contribution < -0.4 is 4.74 Å². The molecule has 2 aliphatic carbocycles. The molecule has 22 heavy (non-hydrogen) atoms. The van der Waals surface area contributed by atoms with Crippen molar-refractivity contribution >= 4 is 21.8 Å². The number of carbonyl (C=O) groups excluding carboxylic acids is 1. The van der Waals surface area contributed by atoms with Crippen LogP contribution in [0.3, 0.4) is 0 Å². The highest BCUT2D eigenvalue weighted by atomic mass is 79.9. The molecule has 0 bridgehead atoms. The third kappa shape index (κ3) is 3.32. The van der Waals surface area contributed by atoms with Crippen LogP contribution in [0.15, 0.2) is 22.7 Å². The van der Waals surface area contributed by atoms with E-state index in [4.69, 9.17) is 4.74 Å². The summed E-state index contributed by atoms with van der Waals surface area (Å²) in [5.41, 5.74) is 0.727. The Hall–Kier alpha value is -1.03. The number of carbonyl (C=O) groups is 1. The van der Waals surface area contributed by atoms with Gasteiger partial charge < -0.3 is 9.64 Å². The number of amides is 1. The van der Waals surface area contributed by atoms with Gasteiger partial charge in [-0.1, -0.05) is 6.92 Å². The second kappa shape index (κ2) is 6.61. The minimum absolute atomic E-state index is 0.160. The maximum Gasteiger partial charge on any atom is 0.255 e. The molecule has 0 saturated heterocycles. The van der Waals surface area contributed by atoms with Gasteiger partial charge in [0.25, 0.3) is 5.91 Å². The van der Waals surface area contributed by atoms with E-state index in [2.05, 4.69) is 27.8 Å². The topological polar surface area (TPSA) is 29.5 Å². The van der Waals surface area contributed by atoms with Crippen molar-refractivity contribution in [1.82, 2.24) is 4.90 Å². The van der Waals surface area contributed by atoms with E-state index in [1.165, 1.54) is 12.8 Å². The van der Waals surface area contributed by atoms with Crippen molar-refractivity contribution < 1.29 is 9.53 Å². The minimum Gasteiger partial charge on any atom is -0.497 e. The molecule has 120 valence electrons. The van der Waals surface area contributed by atoms with Crippen molar-refractivity contribution in [3.05, 3.63) is 28.2 Å². The molecule has 0 heterocycles. The normalized spacial score (nSPS) is 24.9. The van der Waals surface area contributed by atoms with Gasteiger partial charge in [-0.2, -0.15) is 0 Å². The first-order valence-electron chi connectivity index (χ1n) is 8.26. The van der Waals surface area contributed by atoms with Crippen molar-refractivity contribution in [3.63, 3.8) is 0 Å². The number of hydrogen-bond donors (Lipinski definition) is 0. The lowest BCUT2D eigenvalue weighted by molar-refractivity contribution is 0.0592. The molecule has 2 saturated carbocycles. The van der Waals surface area contributed by atoms with E-state index in [0.717, 1.165) is 47.4 Å². The van der Waals surface area contributed by atoms with Gasteiger partial charge in [-0.05, 0) is 78.6 Å². The molecule has 0 N–H and O–H groups in total. The van der Waals surface area contributed by atoms with Gasteiger partial charge >= 0.3 is 0 Å². The summed E-state index contributed by atoms with van der Waals surface area (Å²) in [6, 6.07) is 6.50. The highest BCUT2D eigenvalue weighted by Gasteiger charge is 2.39. The third-order valence-corrected chi connectivity index (χ3v) is 5.65. The number of rotatable bonds is 4. The second-order valence-electron chi connectivity index (χ2n) is 6.70. The number of hydrogen-bond acceptors (Lipinski definition) is 2. The van der Waals surface area contributed by atoms with Crippen molar-refractivity contribution in [2.45, 2.75) is 57.5 Å². The molecule has 0 aromatic heterocycles. The van der Waals surface area contributed by atoms with Crippen LogP contribution in [0, 0.1) is 5.92 Å². The van der Waals surface area contributed by atoms with Gasteiger partial charge in [0.05, 0.1) is 12.7 Å². The molecule has 0 aliphatic heterocycles. The van der Waals surface area contributed by atoms with Crippen LogP contribution in [-0.2, 0) is 0 Å². The van der Waals surface area contributed by atoms with Crippen molar-refractivity contribution in [2.24, 2.45) is 5.92 Å². The molecule has 1 aromatic carbocycles. The summed E-state index contributed by atoms with van der Waals surface area (Å²) < 4.78 is 6.14. The van der Waals surface area contributed by atoms with E-state index in [9.17, 15) is 4.79 Å². The molecule has 1 amide bonds. The van der Waals surface area contributed by atoms with Crippen LogP contribution in [0.25, 0.3) is 0 Å². The Balaban J connectivity index is 1.84. The van der Waals surface area contributed by atoms with Crippen LogP contribution in [0.5, 0.6) is 5.75 Å². The zero-order valence-electron chi connectivity index (χ0n) is 13.3. The fourth-order valence-corrected chi connectivity index (χ4v) is 3.85. The summed E-state index contributed by atoms with van der Waals surface area (Å²) in [4.78, 5) is 15.3. The number of methoxy groups -OCH3 is 1. The molecule has 3 nitrogen and oxygen atoms in total. The Morgan fingerprint density at radius 1 is 1.14 bits per heavy atom. The average molecular weight is 366 g/mol. The van der Waals surface area contributed by atoms with Gasteiger partial charge in [-0.3, -0.25) is 4.79 Å². The smallest absolute Gasteiger partial charge is 0.255 e. The summed E-state index contributed by atoms with van der Waals surface area (Å²) in [6.45, 7) is 2.32. The van der Waals surface area contributed by atoms with Crippen LogP contribution in [0.1, 0.15) is 55.8 Å². The first-order valence-corrected chi connectivity index (χ1v) is 9.05. The quantitative estimate of drug-likeness (QED) is 0.777. The summed E-state index contributed by atoms with van der Waals surface area (Å²) >= 11 is 3.53. The van der Waals surface area contributed by atoms with Crippen LogP contribution in [-0.4, -0.2) is 30.0 Å².